The van der Waals surface area contributed by atoms with E-state index in [-0.39, 0.29) is 25.3 Å². The van der Waals surface area contributed by atoms with Crippen LogP contribution in [0.4, 0.5) is 0 Å². The van der Waals surface area contributed by atoms with Crippen LogP contribution < -0.4 is 0 Å². The van der Waals surface area contributed by atoms with E-state index in [0.29, 0.717) is 26.2 Å². The van der Waals surface area contributed by atoms with Crippen molar-refractivity contribution >= 4 is 0 Å². The van der Waals surface area contributed by atoms with Gasteiger partial charge < -0.3 is 25.9 Å². The van der Waals surface area contributed by atoms with Gasteiger partial charge in [-0.15, -0.1) is 0 Å². The van der Waals surface area contributed by atoms with E-state index in [1.807, 2.05) is 6.92 Å². The van der Waals surface area contributed by atoms with Crippen LogP contribution in [0.25, 0.3) is 0 Å². The highest BCUT2D eigenvalue weighted by molar-refractivity contribution is 4.54. The molecule has 0 atom stereocenters. The normalized spacial score (nSPS) is 9.20. The molecule has 0 fully saturated rings. The third-order valence-electron chi connectivity index (χ3n) is 1.47. The van der Waals surface area contributed by atoms with Crippen LogP contribution in [0.5, 0.6) is 0 Å². The molecule has 6 N–H and O–H groups in total. The molecule has 0 amide bonds. The maximum absolute atomic E-state index is 8.48. The third-order valence-corrected chi connectivity index (χ3v) is 1.47. The van der Waals surface area contributed by atoms with Gasteiger partial charge in [0.15, 0.2) is 0 Å². The Morgan fingerprint density at radius 1 is 0.733 bits per heavy atom. The average Bonchev–Trinajstić information content (AvgIpc) is 2.20. The van der Waals surface area contributed by atoms with E-state index in [4.69, 9.17) is 20.4 Å². The Bertz CT molecular complexity index is 78.3. The van der Waals surface area contributed by atoms with Crippen LogP contribution in [-0.4, -0.2) is 76.9 Å². The van der Waals surface area contributed by atoms with Crippen molar-refractivity contribution in [2.24, 2.45) is 0 Å². The van der Waals surface area contributed by atoms with Gasteiger partial charge in [0, 0.05) is 26.2 Å². The lowest BCUT2D eigenvalue weighted by Gasteiger charge is -2.17. The molecular formula is C9H25NO5. The minimum atomic E-state index is 0. The first kappa shape index (κ1) is 20.2. The molecule has 0 unspecified atom stereocenters. The Morgan fingerprint density at radius 3 is 1.13 bits per heavy atom. The van der Waals surface area contributed by atoms with E-state index < -0.39 is 0 Å². The van der Waals surface area contributed by atoms with Gasteiger partial charge in [-0.05, 0) is 6.42 Å². The van der Waals surface area contributed by atoms with Gasteiger partial charge in [0.1, 0.15) is 0 Å². The molecule has 6 nitrogen and oxygen atoms in total. The minimum absolute atomic E-state index is 0. The van der Waals surface area contributed by atoms with Gasteiger partial charge >= 0.3 is 0 Å². The van der Waals surface area contributed by atoms with Crippen LogP contribution >= 0.6 is 0 Å². The monoisotopic (exact) mass is 227 g/mol. The summed E-state index contributed by atoms with van der Waals surface area (Å²) in [5.74, 6) is 0. The predicted octanol–water partition coefficient (Wildman–Crippen LogP) is -2.17. The van der Waals surface area contributed by atoms with Crippen molar-refractivity contribution in [2.45, 2.75) is 13.3 Å². The lowest BCUT2D eigenvalue weighted by molar-refractivity contribution is 0.136. The average molecular weight is 227 g/mol. The van der Waals surface area contributed by atoms with E-state index in [9.17, 15) is 0 Å². The molecule has 0 heterocycles. The van der Waals surface area contributed by atoms with Crippen molar-refractivity contribution in [2.75, 3.05) is 46.1 Å². The smallest absolute Gasteiger partial charge is 0.0558 e. The maximum Gasteiger partial charge on any atom is 0.0558 e. The molecule has 0 spiro atoms. The first-order valence-electron chi connectivity index (χ1n) is 4.92. The van der Waals surface area contributed by atoms with E-state index in [2.05, 4.69) is 0 Å². The summed E-state index contributed by atoms with van der Waals surface area (Å²) in [4.78, 5) is 1.79. The number of aliphatic hydroxyl groups excluding tert-OH is 4. The van der Waals surface area contributed by atoms with Crippen molar-refractivity contribution in [3.8, 4) is 0 Å². The zero-order chi connectivity index (χ0) is 11.2. The molecule has 0 saturated heterocycles. The highest BCUT2D eigenvalue weighted by Gasteiger charge is 2.00. The van der Waals surface area contributed by atoms with E-state index in [1.54, 1.807) is 4.90 Å². The molecule has 0 radical (unpaired) electrons. The molecule has 0 aromatic carbocycles. The summed E-state index contributed by atoms with van der Waals surface area (Å²) in [5.41, 5.74) is 0. The standard InChI is InChI=1S/C6H15NO3.C3H8O.H2O/c8-4-1-7(2-5-9)3-6-10;1-2-3-4;/h8-10H,1-6H2;4H,2-3H2,1H3;1H2. The highest BCUT2D eigenvalue weighted by Crippen LogP contribution is 1.84. The lowest BCUT2D eigenvalue weighted by atomic mass is 10.4. The van der Waals surface area contributed by atoms with Crippen LogP contribution in [-0.2, 0) is 0 Å². The molecular weight excluding hydrogens is 202 g/mol. The lowest BCUT2D eigenvalue weighted by Crippen LogP contribution is -2.32. The Hall–Kier alpha value is -0.240. The summed E-state index contributed by atoms with van der Waals surface area (Å²) in [6, 6.07) is 0. The highest BCUT2D eigenvalue weighted by atomic mass is 16.3. The molecule has 0 aliphatic heterocycles. The molecule has 0 aromatic heterocycles. The fraction of sp³-hybridized carbons (Fsp3) is 1.00. The van der Waals surface area contributed by atoms with Gasteiger partial charge in [-0.25, -0.2) is 0 Å². The summed E-state index contributed by atoms with van der Waals surface area (Å²) in [6.07, 6.45) is 0.875. The topological polar surface area (TPSA) is 116 Å². The van der Waals surface area contributed by atoms with Crippen LogP contribution in [0.1, 0.15) is 13.3 Å². The summed E-state index contributed by atoms with van der Waals surface area (Å²) < 4.78 is 0. The van der Waals surface area contributed by atoms with Crippen LogP contribution in [0.2, 0.25) is 0 Å². The number of rotatable bonds is 7. The maximum atomic E-state index is 8.48. The molecule has 0 rings (SSSR count). The second kappa shape index (κ2) is 19.4. The number of hydrogen-bond donors (Lipinski definition) is 4. The molecule has 0 aliphatic carbocycles. The van der Waals surface area contributed by atoms with Gasteiger partial charge in [0.25, 0.3) is 0 Å². The summed E-state index contributed by atoms with van der Waals surface area (Å²) in [6.45, 7) is 4.00. The zero-order valence-corrected chi connectivity index (χ0v) is 9.39. The second-order valence-electron chi connectivity index (χ2n) is 2.74. The molecule has 0 saturated carbocycles. The van der Waals surface area contributed by atoms with E-state index >= 15 is 0 Å². The van der Waals surface area contributed by atoms with Gasteiger partial charge in [-0.2, -0.15) is 0 Å². The van der Waals surface area contributed by atoms with Gasteiger partial charge in [0.2, 0.25) is 0 Å². The van der Waals surface area contributed by atoms with Crippen molar-refractivity contribution < 1.29 is 25.9 Å². The quantitative estimate of drug-likeness (QED) is 0.395. The van der Waals surface area contributed by atoms with Crippen molar-refractivity contribution in [1.29, 1.82) is 0 Å². The Morgan fingerprint density at radius 2 is 1.00 bits per heavy atom. The molecule has 0 bridgehead atoms. The summed E-state index contributed by atoms with van der Waals surface area (Å²) in [5, 5.41) is 33.3. The van der Waals surface area contributed by atoms with Gasteiger partial charge in [0.05, 0.1) is 19.8 Å². The van der Waals surface area contributed by atoms with E-state index in [0.717, 1.165) is 6.42 Å². The Kier molecular flexibility index (Phi) is 26.1. The number of aliphatic hydroxyl groups is 4. The number of nitrogens with zero attached hydrogens (tertiary/aromatic N) is 1. The third kappa shape index (κ3) is 20.0. The van der Waals surface area contributed by atoms with E-state index in [1.165, 1.54) is 0 Å². The fourth-order valence-corrected chi connectivity index (χ4v) is 0.760. The Balaban J connectivity index is -0.000000249. The fourth-order valence-electron chi connectivity index (χ4n) is 0.760. The van der Waals surface area contributed by atoms with Crippen molar-refractivity contribution in [3.05, 3.63) is 0 Å². The zero-order valence-electron chi connectivity index (χ0n) is 9.39. The molecule has 6 heteroatoms. The van der Waals surface area contributed by atoms with Gasteiger partial charge in [-0.3, -0.25) is 4.90 Å². The predicted molar refractivity (Wildman–Crippen MR) is 58.7 cm³/mol. The molecule has 0 aliphatic rings. The van der Waals surface area contributed by atoms with Crippen molar-refractivity contribution in [3.63, 3.8) is 0 Å². The van der Waals surface area contributed by atoms with Crippen LogP contribution in [0.15, 0.2) is 0 Å². The van der Waals surface area contributed by atoms with Crippen LogP contribution in [0, 0.1) is 0 Å². The minimum Gasteiger partial charge on any atom is -0.412 e. The second-order valence-corrected chi connectivity index (χ2v) is 2.74. The summed E-state index contributed by atoms with van der Waals surface area (Å²) in [7, 11) is 0. The summed E-state index contributed by atoms with van der Waals surface area (Å²) >= 11 is 0. The van der Waals surface area contributed by atoms with Crippen LogP contribution in [0.3, 0.4) is 0 Å². The molecule has 15 heavy (non-hydrogen) atoms. The first-order valence-corrected chi connectivity index (χ1v) is 4.92. The van der Waals surface area contributed by atoms with Gasteiger partial charge in [-0.1, -0.05) is 6.92 Å². The first-order chi connectivity index (χ1) is 6.76. The number of hydrogen-bond acceptors (Lipinski definition) is 5. The largest absolute Gasteiger partial charge is 0.412 e. The molecule has 96 valence electrons. The molecule has 0 aromatic rings. The Labute approximate surface area is 91.1 Å². The SMILES string of the molecule is CCCO.O.OCCN(CCO)CCO. The van der Waals surface area contributed by atoms with Crippen molar-refractivity contribution in [1.82, 2.24) is 4.90 Å².